The number of nitrogens with zero attached hydrogens (tertiary/aromatic N) is 1. The first-order valence-electron chi connectivity index (χ1n) is 5.57. The van der Waals surface area contributed by atoms with Crippen molar-refractivity contribution in [2.24, 2.45) is 0 Å². The van der Waals surface area contributed by atoms with Crippen LogP contribution in [0.3, 0.4) is 0 Å². The highest BCUT2D eigenvalue weighted by Crippen LogP contribution is 2.32. The number of carbonyl (C=O) groups excluding carboxylic acids is 1. The maximum absolute atomic E-state index is 11.2. The molecule has 0 aliphatic rings. The first-order chi connectivity index (χ1) is 8.47. The second-order valence-corrected chi connectivity index (χ2v) is 5.12. The SMILES string of the molecule is CC(=O)Nc1cc(C)c(C)cc1-c1csc(N)n1. The smallest absolute Gasteiger partial charge is 0.221 e. The lowest BCUT2D eigenvalue weighted by Crippen LogP contribution is -2.07. The average Bonchev–Trinajstić information content (AvgIpc) is 2.69. The first-order valence-corrected chi connectivity index (χ1v) is 6.45. The van der Waals surface area contributed by atoms with Crippen LogP contribution >= 0.6 is 11.3 Å². The van der Waals surface area contributed by atoms with Crippen LogP contribution in [-0.2, 0) is 4.79 Å². The number of amides is 1. The second kappa shape index (κ2) is 4.78. The van der Waals surface area contributed by atoms with Crippen molar-refractivity contribution in [1.82, 2.24) is 4.98 Å². The molecular formula is C13H15N3OS. The molecule has 0 aliphatic carbocycles. The Bertz CT molecular complexity index is 604. The first kappa shape index (κ1) is 12.6. The molecule has 2 aromatic rings. The molecule has 0 atom stereocenters. The highest BCUT2D eigenvalue weighted by atomic mass is 32.1. The zero-order valence-electron chi connectivity index (χ0n) is 10.6. The summed E-state index contributed by atoms with van der Waals surface area (Å²) >= 11 is 1.39. The molecule has 1 heterocycles. The third kappa shape index (κ3) is 2.51. The predicted octanol–water partition coefficient (Wildman–Crippen LogP) is 2.97. The third-order valence-corrected chi connectivity index (χ3v) is 3.42. The lowest BCUT2D eigenvalue weighted by molar-refractivity contribution is -0.114. The van der Waals surface area contributed by atoms with Crippen molar-refractivity contribution < 1.29 is 4.79 Å². The van der Waals surface area contributed by atoms with Crippen LogP contribution in [0.4, 0.5) is 10.8 Å². The molecule has 0 fully saturated rings. The Morgan fingerprint density at radius 3 is 2.56 bits per heavy atom. The fraction of sp³-hybridized carbons (Fsp3) is 0.231. The van der Waals surface area contributed by atoms with E-state index in [2.05, 4.69) is 10.3 Å². The summed E-state index contributed by atoms with van der Waals surface area (Å²) in [4.78, 5) is 15.5. The maximum Gasteiger partial charge on any atom is 0.221 e. The number of hydrogen-bond acceptors (Lipinski definition) is 4. The van der Waals surface area contributed by atoms with Crippen molar-refractivity contribution in [3.05, 3.63) is 28.6 Å². The van der Waals surface area contributed by atoms with Gasteiger partial charge in [0.05, 0.1) is 11.4 Å². The normalized spacial score (nSPS) is 10.4. The predicted molar refractivity (Wildman–Crippen MR) is 75.7 cm³/mol. The van der Waals surface area contributed by atoms with Gasteiger partial charge >= 0.3 is 0 Å². The Morgan fingerprint density at radius 1 is 1.33 bits per heavy atom. The quantitative estimate of drug-likeness (QED) is 0.873. The molecule has 0 radical (unpaired) electrons. The Hall–Kier alpha value is -1.88. The van der Waals surface area contributed by atoms with Gasteiger partial charge in [0, 0.05) is 17.9 Å². The Labute approximate surface area is 110 Å². The molecule has 0 saturated carbocycles. The standard InChI is InChI=1S/C13H15N3OS/c1-7-4-10(12-6-18-13(14)16-12)11(5-8(7)2)15-9(3)17/h4-6H,1-3H3,(H2,14,16)(H,15,17). The highest BCUT2D eigenvalue weighted by molar-refractivity contribution is 7.13. The number of hydrogen-bond donors (Lipinski definition) is 2. The average molecular weight is 261 g/mol. The minimum atomic E-state index is -0.0947. The summed E-state index contributed by atoms with van der Waals surface area (Å²) in [6.07, 6.45) is 0. The van der Waals surface area contributed by atoms with E-state index in [9.17, 15) is 4.79 Å². The molecule has 18 heavy (non-hydrogen) atoms. The van der Waals surface area contributed by atoms with Crippen LogP contribution in [0, 0.1) is 13.8 Å². The molecule has 5 heteroatoms. The summed E-state index contributed by atoms with van der Waals surface area (Å²) in [6, 6.07) is 3.98. The number of anilines is 2. The Kier molecular flexibility index (Phi) is 3.34. The Morgan fingerprint density at radius 2 is 2.00 bits per heavy atom. The number of thiazole rings is 1. The minimum absolute atomic E-state index is 0.0947. The number of rotatable bonds is 2. The fourth-order valence-corrected chi connectivity index (χ4v) is 2.30. The maximum atomic E-state index is 11.2. The van der Waals surface area contributed by atoms with E-state index >= 15 is 0 Å². The van der Waals surface area contributed by atoms with Crippen molar-refractivity contribution in [2.45, 2.75) is 20.8 Å². The van der Waals surface area contributed by atoms with Crippen LogP contribution in [-0.4, -0.2) is 10.9 Å². The van der Waals surface area contributed by atoms with Crippen LogP contribution in [0.15, 0.2) is 17.5 Å². The molecule has 94 valence electrons. The van der Waals surface area contributed by atoms with E-state index in [0.29, 0.717) is 5.13 Å². The van der Waals surface area contributed by atoms with E-state index in [0.717, 1.165) is 28.1 Å². The van der Waals surface area contributed by atoms with Crippen molar-refractivity contribution >= 4 is 28.1 Å². The van der Waals surface area contributed by atoms with E-state index < -0.39 is 0 Å². The van der Waals surface area contributed by atoms with Crippen LogP contribution in [0.1, 0.15) is 18.1 Å². The number of nitrogens with two attached hydrogens (primary N) is 1. The molecule has 3 N–H and O–H groups in total. The molecule has 0 bridgehead atoms. The van der Waals surface area contributed by atoms with Gasteiger partial charge in [0.1, 0.15) is 0 Å². The summed E-state index contributed by atoms with van der Waals surface area (Å²) in [6.45, 7) is 5.54. The molecule has 0 spiro atoms. The van der Waals surface area contributed by atoms with E-state index in [1.165, 1.54) is 18.3 Å². The van der Waals surface area contributed by atoms with Gasteiger partial charge in [-0.1, -0.05) is 0 Å². The number of nitrogens with one attached hydrogen (secondary N) is 1. The summed E-state index contributed by atoms with van der Waals surface area (Å²) in [5.74, 6) is -0.0947. The highest BCUT2D eigenvalue weighted by Gasteiger charge is 2.11. The monoisotopic (exact) mass is 261 g/mol. The van der Waals surface area contributed by atoms with Gasteiger partial charge in [-0.05, 0) is 37.1 Å². The van der Waals surface area contributed by atoms with Crippen molar-refractivity contribution in [3.8, 4) is 11.3 Å². The van der Waals surface area contributed by atoms with Gasteiger partial charge in [-0.25, -0.2) is 4.98 Å². The van der Waals surface area contributed by atoms with Crippen LogP contribution in [0.25, 0.3) is 11.3 Å². The molecule has 4 nitrogen and oxygen atoms in total. The number of carbonyl (C=O) groups is 1. The summed E-state index contributed by atoms with van der Waals surface area (Å²) in [7, 11) is 0. The van der Waals surface area contributed by atoms with Crippen molar-refractivity contribution in [1.29, 1.82) is 0 Å². The van der Waals surface area contributed by atoms with Gasteiger partial charge in [-0.3, -0.25) is 4.79 Å². The topological polar surface area (TPSA) is 68.0 Å². The van der Waals surface area contributed by atoms with E-state index in [4.69, 9.17) is 5.73 Å². The Balaban J connectivity index is 2.56. The molecule has 0 unspecified atom stereocenters. The van der Waals surface area contributed by atoms with Crippen molar-refractivity contribution in [2.75, 3.05) is 11.1 Å². The van der Waals surface area contributed by atoms with Gasteiger partial charge in [0.15, 0.2) is 5.13 Å². The number of aryl methyl sites for hydroxylation is 2. The largest absolute Gasteiger partial charge is 0.375 e. The van der Waals surface area contributed by atoms with E-state index in [1.807, 2.05) is 31.4 Å². The second-order valence-electron chi connectivity index (χ2n) is 4.23. The van der Waals surface area contributed by atoms with Gasteiger partial charge in [0.2, 0.25) is 5.91 Å². The molecule has 1 aromatic heterocycles. The number of nitrogen functional groups attached to an aromatic ring is 1. The van der Waals surface area contributed by atoms with Crippen LogP contribution in [0.5, 0.6) is 0 Å². The lowest BCUT2D eigenvalue weighted by atomic mass is 10.0. The minimum Gasteiger partial charge on any atom is -0.375 e. The van der Waals surface area contributed by atoms with Gasteiger partial charge in [0.25, 0.3) is 0 Å². The molecule has 0 saturated heterocycles. The zero-order valence-corrected chi connectivity index (χ0v) is 11.4. The fourth-order valence-electron chi connectivity index (χ4n) is 1.73. The van der Waals surface area contributed by atoms with E-state index in [1.54, 1.807) is 0 Å². The summed E-state index contributed by atoms with van der Waals surface area (Å²) < 4.78 is 0. The molecule has 2 rings (SSSR count). The van der Waals surface area contributed by atoms with Gasteiger partial charge < -0.3 is 11.1 Å². The van der Waals surface area contributed by atoms with Gasteiger partial charge in [-0.15, -0.1) is 11.3 Å². The van der Waals surface area contributed by atoms with E-state index in [-0.39, 0.29) is 5.91 Å². The molecule has 0 aliphatic heterocycles. The molecule has 1 aromatic carbocycles. The van der Waals surface area contributed by atoms with Crippen LogP contribution in [0.2, 0.25) is 0 Å². The van der Waals surface area contributed by atoms with Gasteiger partial charge in [-0.2, -0.15) is 0 Å². The zero-order chi connectivity index (χ0) is 13.3. The summed E-state index contributed by atoms with van der Waals surface area (Å²) in [5, 5.41) is 5.25. The summed E-state index contributed by atoms with van der Waals surface area (Å²) in [5.41, 5.74) is 10.4. The lowest BCUT2D eigenvalue weighted by Gasteiger charge is -2.11. The number of benzene rings is 1. The van der Waals surface area contributed by atoms with Crippen LogP contribution < -0.4 is 11.1 Å². The number of aromatic nitrogens is 1. The molecule has 1 amide bonds. The molecular weight excluding hydrogens is 246 g/mol. The van der Waals surface area contributed by atoms with Crippen molar-refractivity contribution in [3.63, 3.8) is 0 Å². The third-order valence-electron chi connectivity index (χ3n) is 2.74.